The Morgan fingerprint density at radius 3 is 2.95 bits per heavy atom. The Balaban J connectivity index is 2.12. The monoisotopic (exact) mass is 354 g/mol. The lowest BCUT2D eigenvalue weighted by Gasteiger charge is -2.32. The zero-order valence-corrected chi connectivity index (χ0v) is 13.5. The fourth-order valence-electron chi connectivity index (χ4n) is 2.54. The fraction of sp³-hybridized carbons (Fsp3) is 0.467. The lowest BCUT2D eigenvalue weighted by atomic mass is 9.96. The number of nitrogens with zero attached hydrogens (tertiary/aromatic N) is 1. The van der Waals surface area contributed by atoms with Gasteiger partial charge in [0.25, 0.3) is 5.91 Å². The molecular weight excluding hydrogens is 336 g/mol. The molecule has 0 radical (unpaired) electrons. The Hall–Kier alpha value is -1.56. The maximum absolute atomic E-state index is 12.5. The Morgan fingerprint density at radius 1 is 1.48 bits per heavy atom. The normalized spacial score (nSPS) is 18.4. The Labute approximate surface area is 132 Å². The first kappa shape index (κ1) is 15.8. The van der Waals surface area contributed by atoms with E-state index in [-0.39, 0.29) is 29.0 Å². The first-order valence-corrected chi connectivity index (χ1v) is 7.87. The molecule has 0 aromatic heterocycles. The number of piperidine rings is 1. The summed E-state index contributed by atoms with van der Waals surface area (Å²) in [7, 11) is 0. The molecule has 114 valence electrons. The molecule has 0 bridgehead atoms. The van der Waals surface area contributed by atoms with E-state index in [1.807, 2.05) is 6.92 Å². The third kappa shape index (κ3) is 3.75. The molecule has 2 rings (SSSR count). The number of benzene rings is 1. The Kier molecular flexibility index (Phi) is 5.22. The fourth-order valence-corrected chi connectivity index (χ4v) is 2.91. The van der Waals surface area contributed by atoms with Crippen LogP contribution in [0.2, 0.25) is 0 Å². The highest BCUT2D eigenvalue weighted by Crippen LogP contribution is 2.25. The van der Waals surface area contributed by atoms with Crippen LogP contribution in [-0.2, 0) is 4.79 Å². The molecular formula is C15H19BrN2O3. The molecule has 1 aliphatic heterocycles. The third-order valence-electron chi connectivity index (χ3n) is 3.62. The molecule has 1 heterocycles. The number of likely N-dealkylation sites (tertiary alicyclic amines) is 1. The molecule has 0 spiro atoms. The summed E-state index contributed by atoms with van der Waals surface area (Å²) in [4.78, 5) is 26.1. The number of nitrogens with one attached hydrogen (secondary N) is 1. The van der Waals surface area contributed by atoms with Gasteiger partial charge in [0.1, 0.15) is 5.75 Å². The number of phenols is 1. The largest absolute Gasteiger partial charge is 0.507 e. The summed E-state index contributed by atoms with van der Waals surface area (Å²) in [6, 6.07) is 4.77. The van der Waals surface area contributed by atoms with Crippen molar-refractivity contribution in [2.45, 2.75) is 19.8 Å². The number of rotatable bonds is 3. The van der Waals surface area contributed by atoms with Crippen molar-refractivity contribution in [1.29, 1.82) is 0 Å². The second-order valence-corrected chi connectivity index (χ2v) is 6.06. The van der Waals surface area contributed by atoms with Gasteiger partial charge in [-0.15, -0.1) is 0 Å². The second kappa shape index (κ2) is 6.93. The highest BCUT2D eigenvalue weighted by molar-refractivity contribution is 9.10. The smallest absolute Gasteiger partial charge is 0.257 e. The summed E-state index contributed by atoms with van der Waals surface area (Å²) in [5, 5.41) is 12.6. The van der Waals surface area contributed by atoms with E-state index in [1.165, 1.54) is 6.07 Å². The van der Waals surface area contributed by atoms with Gasteiger partial charge in [-0.3, -0.25) is 9.59 Å². The molecule has 1 fully saturated rings. The maximum atomic E-state index is 12.5. The SMILES string of the molecule is CCNC(=O)[C@H]1CCCN(C(=O)c2cc(Br)ccc2O)C1. The van der Waals surface area contributed by atoms with E-state index in [0.717, 1.165) is 17.3 Å². The minimum absolute atomic E-state index is 0.00605. The van der Waals surface area contributed by atoms with E-state index in [1.54, 1.807) is 17.0 Å². The van der Waals surface area contributed by atoms with Crippen molar-refractivity contribution < 1.29 is 14.7 Å². The number of carbonyl (C=O) groups is 2. The molecule has 1 atom stereocenters. The predicted molar refractivity (Wildman–Crippen MR) is 83.1 cm³/mol. The molecule has 1 aromatic carbocycles. The average Bonchev–Trinajstić information content (AvgIpc) is 2.49. The summed E-state index contributed by atoms with van der Waals surface area (Å²) >= 11 is 3.30. The van der Waals surface area contributed by atoms with Gasteiger partial charge in [-0.25, -0.2) is 0 Å². The van der Waals surface area contributed by atoms with Crippen LogP contribution in [0.5, 0.6) is 5.75 Å². The average molecular weight is 355 g/mol. The van der Waals surface area contributed by atoms with Crippen molar-refractivity contribution in [2.75, 3.05) is 19.6 Å². The quantitative estimate of drug-likeness (QED) is 0.873. The lowest BCUT2D eigenvalue weighted by Crippen LogP contribution is -2.45. The van der Waals surface area contributed by atoms with Crippen molar-refractivity contribution >= 4 is 27.7 Å². The van der Waals surface area contributed by atoms with Gasteiger partial charge < -0.3 is 15.3 Å². The van der Waals surface area contributed by atoms with E-state index in [9.17, 15) is 14.7 Å². The Bertz CT molecular complexity index is 548. The molecule has 1 aliphatic rings. The molecule has 1 aromatic rings. The zero-order chi connectivity index (χ0) is 15.4. The van der Waals surface area contributed by atoms with Gasteiger partial charge in [0.2, 0.25) is 5.91 Å². The number of halogens is 1. The highest BCUT2D eigenvalue weighted by atomic mass is 79.9. The topological polar surface area (TPSA) is 69.6 Å². The van der Waals surface area contributed by atoms with E-state index in [2.05, 4.69) is 21.2 Å². The van der Waals surface area contributed by atoms with E-state index in [0.29, 0.717) is 19.6 Å². The summed E-state index contributed by atoms with van der Waals surface area (Å²) in [5.74, 6) is -0.448. The number of aromatic hydroxyl groups is 1. The van der Waals surface area contributed by atoms with Crippen molar-refractivity contribution in [1.82, 2.24) is 10.2 Å². The molecule has 2 amide bonds. The van der Waals surface area contributed by atoms with E-state index < -0.39 is 0 Å². The maximum Gasteiger partial charge on any atom is 0.257 e. The van der Waals surface area contributed by atoms with Crippen LogP contribution < -0.4 is 5.32 Å². The molecule has 0 unspecified atom stereocenters. The number of hydrogen-bond acceptors (Lipinski definition) is 3. The number of phenolic OH excluding ortho intramolecular Hbond substituents is 1. The third-order valence-corrected chi connectivity index (χ3v) is 4.11. The number of carbonyl (C=O) groups excluding carboxylic acids is 2. The number of hydrogen-bond donors (Lipinski definition) is 2. The summed E-state index contributed by atoms with van der Waals surface area (Å²) in [6.45, 7) is 3.48. The van der Waals surface area contributed by atoms with Crippen molar-refractivity contribution in [3.63, 3.8) is 0 Å². The Morgan fingerprint density at radius 2 is 2.24 bits per heavy atom. The van der Waals surface area contributed by atoms with Crippen LogP contribution in [0.3, 0.4) is 0 Å². The van der Waals surface area contributed by atoms with Gasteiger partial charge in [0.15, 0.2) is 0 Å². The minimum atomic E-state index is -0.234. The van der Waals surface area contributed by atoms with Crippen LogP contribution in [0.4, 0.5) is 0 Å². The van der Waals surface area contributed by atoms with Crippen molar-refractivity contribution in [3.8, 4) is 5.75 Å². The molecule has 5 nitrogen and oxygen atoms in total. The van der Waals surface area contributed by atoms with Crippen molar-refractivity contribution in [2.24, 2.45) is 5.92 Å². The van der Waals surface area contributed by atoms with Crippen LogP contribution in [0.15, 0.2) is 22.7 Å². The highest BCUT2D eigenvalue weighted by Gasteiger charge is 2.29. The molecule has 21 heavy (non-hydrogen) atoms. The minimum Gasteiger partial charge on any atom is -0.507 e. The molecule has 0 aliphatic carbocycles. The number of amides is 2. The summed E-state index contributed by atoms with van der Waals surface area (Å²) < 4.78 is 0.737. The van der Waals surface area contributed by atoms with Crippen LogP contribution in [0.1, 0.15) is 30.1 Å². The molecule has 2 N–H and O–H groups in total. The molecule has 0 saturated carbocycles. The van der Waals surface area contributed by atoms with Crippen LogP contribution >= 0.6 is 15.9 Å². The van der Waals surface area contributed by atoms with Gasteiger partial charge in [-0.2, -0.15) is 0 Å². The van der Waals surface area contributed by atoms with E-state index in [4.69, 9.17) is 0 Å². The standard InChI is InChI=1S/C15H19BrN2O3/c1-2-17-14(20)10-4-3-7-18(9-10)15(21)12-8-11(16)5-6-13(12)19/h5-6,8,10,19H,2-4,7,9H2,1H3,(H,17,20)/t10-/m0/s1. The lowest BCUT2D eigenvalue weighted by molar-refractivity contribution is -0.126. The van der Waals surface area contributed by atoms with Gasteiger partial charge in [-0.05, 0) is 38.0 Å². The van der Waals surface area contributed by atoms with Gasteiger partial charge in [0.05, 0.1) is 11.5 Å². The van der Waals surface area contributed by atoms with Gasteiger partial charge in [-0.1, -0.05) is 15.9 Å². The van der Waals surface area contributed by atoms with Crippen LogP contribution in [-0.4, -0.2) is 41.5 Å². The van der Waals surface area contributed by atoms with Crippen LogP contribution in [0, 0.1) is 5.92 Å². The van der Waals surface area contributed by atoms with Gasteiger partial charge >= 0.3 is 0 Å². The molecule has 6 heteroatoms. The van der Waals surface area contributed by atoms with Crippen molar-refractivity contribution in [3.05, 3.63) is 28.2 Å². The second-order valence-electron chi connectivity index (χ2n) is 5.15. The van der Waals surface area contributed by atoms with Crippen LogP contribution in [0.25, 0.3) is 0 Å². The first-order valence-electron chi connectivity index (χ1n) is 7.08. The van der Waals surface area contributed by atoms with Gasteiger partial charge in [0, 0.05) is 24.1 Å². The first-order chi connectivity index (χ1) is 10.0. The molecule has 1 saturated heterocycles. The van der Waals surface area contributed by atoms with E-state index >= 15 is 0 Å². The zero-order valence-electron chi connectivity index (χ0n) is 11.9. The summed E-state index contributed by atoms with van der Waals surface area (Å²) in [5.41, 5.74) is 0.265. The predicted octanol–water partition coefficient (Wildman–Crippen LogP) is 2.14. The summed E-state index contributed by atoms with van der Waals surface area (Å²) in [6.07, 6.45) is 1.59.